The molecule has 1 saturated heterocycles. The van der Waals surface area contributed by atoms with E-state index in [2.05, 4.69) is 22.0 Å². The molecule has 0 bridgehead atoms. The third-order valence-electron chi connectivity index (χ3n) is 5.77. The van der Waals surface area contributed by atoms with Gasteiger partial charge in [0, 0.05) is 44.5 Å². The molecule has 0 radical (unpaired) electrons. The van der Waals surface area contributed by atoms with E-state index >= 15 is 0 Å². The van der Waals surface area contributed by atoms with Crippen molar-refractivity contribution in [2.24, 2.45) is 0 Å². The Kier molecular flexibility index (Phi) is 5.90. The lowest BCUT2D eigenvalue weighted by Gasteiger charge is -2.35. The number of para-hydroxylation sites is 2. The zero-order valence-electron chi connectivity index (χ0n) is 17.5. The number of nitrogens with one attached hydrogen (secondary N) is 1. The summed E-state index contributed by atoms with van der Waals surface area (Å²) in [7, 11) is 0. The average Bonchev–Trinajstić information content (AvgIpc) is 2.78. The molecule has 0 saturated carbocycles. The maximum Gasteiger partial charge on any atom is 0.267 e. The zero-order chi connectivity index (χ0) is 21.1. The van der Waals surface area contributed by atoms with E-state index in [0.717, 1.165) is 38.4 Å². The number of fused-ring (bicyclic) bond motifs is 1. The third-order valence-corrected chi connectivity index (χ3v) is 5.77. The summed E-state index contributed by atoms with van der Waals surface area (Å²) in [5, 5.41) is 2.92. The van der Waals surface area contributed by atoms with Crippen LogP contribution in [0.4, 0.5) is 17.1 Å². The van der Waals surface area contributed by atoms with E-state index in [0.29, 0.717) is 17.1 Å². The highest BCUT2D eigenvalue weighted by molar-refractivity contribution is 5.99. The monoisotopic (exact) mass is 408 g/mol. The van der Waals surface area contributed by atoms with Gasteiger partial charge >= 0.3 is 0 Å². The standard InChI is InChI=1S/C23H28N4O3/c1-3-25-12-14-26(15-13-25)19-10-8-18(9-11-19)24-23(29)22-16-27(17(2)28)20-6-4-5-7-21(20)30-22/h4-11,22H,3,12-16H2,1-2H3,(H,24,29). The summed E-state index contributed by atoms with van der Waals surface area (Å²) in [5.74, 6) is 0.164. The summed E-state index contributed by atoms with van der Waals surface area (Å²) < 4.78 is 5.87. The molecule has 1 unspecified atom stereocenters. The first-order valence-corrected chi connectivity index (χ1v) is 10.5. The highest BCUT2D eigenvalue weighted by Crippen LogP contribution is 2.33. The van der Waals surface area contributed by atoms with Gasteiger partial charge in [-0.2, -0.15) is 0 Å². The summed E-state index contributed by atoms with van der Waals surface area (Å²) in [6.07, 6.45) is -0.759. The Morgan fingerprint density at radius 2 is 1.73 bits per heavy atom. The molecule has 30 heavy (non-hydrogen) atoms. The average molecular weight is 409 g/mol. The Labute approximate surface area is 177 Å². The molecular weight excluding hydrogens is 380 g/mol. The lowest BCUT2D eigenvalue weighted by molar-refractivity contribution is -0.123. The molecule has 1 atom stereocenters. The summed E-state index contributed by atoms with van der Waals surface area (Å²) >= 11 is 0. The number of likely N-dealkylation sites (N-methyl/N-ethyl adjacent to an activating group) is 1. The van der Waals surface area contributed by atoms with Crippen molar-refractivity contribution in [3.05, 3.63) is 48.5 Å². The predicted octanol–water partition coefficient (Wildman–Crippen LogP) is 2.58. The number of piperazine rings is 1. The lowest BCUT2D eigenvalue weighted by atomic mass is 10.1. The predicted molar refractivity (Wildman–Crippen MR) is 118 cm³/mol. The number of hydrogen-bond acceptors (Lipinski definition) is 5. The molecule has 2 aromatic rings. The van der Waals surface area contributed by atoms with Gasteiger partial charge in [-0.15, -0.1) is 0 Å². The van der Waals surface area contributed by atoms with Crippen LogP contribution < -0.4 is 19.9 Å². The summed E-state index contributed by atoms with van der Waals surface area (Å²) in [5.41, 5.74) is 2.57. The second-order valence-electron chi connectivity index (χ2n) is 7.66. The minimum Gasteiger partial charge on any atom is -0.476 e. The van der Waals surface area contributed by atoms with Crippen LogP contribution in [-0.4, -0.2) is 62.1 Å². The van der Waals surface area contributed by atoms with Crippen LogP contribution in [0.2, 0.25) is 0 Å². The van der Waals surface area contributed by atoms with Gasteiger partial charge in [0.25, 0.3) is 5.91 Å². The highest BCUT2D eigenvalue weighted by atomic mass is 16.5. The maximum atomic E-state index is 12.8. The minimum atomic E-state index is -0.759. The van der Waals surface area contributed by atoms with E-state index in [1.807, 2.05) is 42.5 Å². The van der Waals surface area contributed by atoms with Gasteiger partial charge in [0.15, 0.2) is 6.10 Å². The van der Waals surface area contributed by atoms with Crippen LogP contribution in [0.15, 0.2) is 48.5 Å². The van der Waals surface area contributed by atoms with Crippen molar-refractivity contribution in [1.82, 2.24) is 4.90 Å². The Balaban J connectivity index is 1.40. The molecule has 0 aliphatic carbocycles. The van der Waals surface area contributed by atoms with Crippen LogP contribution in [0.5, 0.6) is 5.75 Å². The third kappa shape index (κ3) is 4.26. The number of amides is 2. The molecule has 2 aliphatic rings. The van der Waals surface area contributed by atoms with Crippen molar-refractivity contribution >= 4 is 28.9 Å². The molecule has 2 heterocycles. The zero-order valence-corrected chi connectivity index (χ0v) is 17.5. The minimum absolute atomic E-state index is 0.115. The number of carbonyl (C=O) groups excluding carboxylic acids is 2. The van der Waals surface area contributed by atoms with Crippen LogP contribution >= 0.6 is 0 Å². The van der Waals surface area contributed by atoms with Gasteiger partial charge in [-0.1, -0.05) is 19.1 Å². The lowest BCUT2D eigenvalue weighted by Crippen LogP contribution is -2.48. The molecule has 7 nitrogen and oxygen atoms in total. The summed E-state index contributed by atoms with van der Waals surface area (Å²) in [4.78, 5) is 31.2. The molecule has 0 spiro atoms. The van der Waals surface area contributed by atoms with E-state index < -0.39 is 6.10 Å². The molecule has 7 heteroatoms. The van der Waals surface area contributed by atoms with Crippen molar-refractivity contribution in [2.45, 2.75) is 20.0 Å². The molecule has 4 rings (SSSR count). The fourth-order valence-corrected chi connectivity index (χ4v) is 3.97. The number of benzene rings is 2. The van der Waals surface area contributed by atoms with E-state index in [1.165, 1.54) is 6.92 Å². The van der Waals surface area contributed by atoms with Gasteiger partial charge in [0.2, 0.25) is 5.91 Å². The first-order chi connectivity index (χ1) is 14.5. The van der Waals surface area contributed by atoms with Gasteiger partial charge in [-0.3, -0.25) is 9.59 Å². The second kappa shape index (κ2) is 8.75. The van der Waals surface area contributed by atoms with Crippen LogP contribution in [0.25, 0.3) is 0 Å². The van der Waals surface area contributed by atoms with Gasteiger partial charge in [0.05, 0.1) is 12.2 Å². The number of hydrogen-bond donors (Lipinski definition) is 1. The van der Waals surface area contributed by atoms with Crippen LogP contribution in [0.3, 0.4) is 0 Å². The molecule has 1 fully saturated rings. The van der Waals surface area contributed by atoms with Gasteiger partial charge in [0.1, 0.15) is 5.75 Å². The fraction of sp³-hybridized carbons (Fsp3) is 0.391. The van der Waals surface area contributed by atoms with Gasteiger partial charge < -0.3 is 24.8 Å². The smallest absolute Gasteiger partial charge is 0.267 e. The van der Waals surface area contributed by atoms with Crippen molar-refractivity contribution in [1.29, 1.82) is 0 Å². The van der Waals surface area contributed by atoms with Gasteiger partial charge in [-0.05, 0) is 42.9 Å². The van der Waals surface area contributed by atoms with Crippen molar-refractivity contribution in [3.63, 3.8) is 0 Å². The number of nitrogens with zero attached hydrogens (tertiary/aromatic N) is 3. The number of anilines is 3. The fourth-order valence-electron chi connectivity index (χ4n) is 3.97. The summed E-state index contributed by atoms with van der Waals surface area (Å²) in [6.45, 7) is 9.13. The first-order valence-electron chi connectivity index (χ1n) is 10.5. The van der Waals surface area contributed by atoms with Crippen molar-refractivity contribution in [2.75, 3.05) is 54.4 Å². The number of carbonyl (C=O) groups is 2. The molecular formula is C23H28N4O3. The molecule has 1 N–H and O–H groups in total. The van der Waals surface area contributed by atoms with Crippen molar-refractivity contribution in [3.8, 4) is 5.75 Å². The Bertz CT molecular complexity index is 907. The Morgan fingerprint density at radius 3 is 2.40 bits per heavy atom. The quantitative estimate of drug-likeness (QED) is 0.843. The van der Waals surface area contributed by atoms with Crippen molar-refractivity contribution < 1.29 is 14.3 Å². The second-order valence-corrected chi connectivity index (χ2v) is 7.66. The van der Waals surface area contributed by atoms with E-state index in [9.17, 15) is 9.59 Å². The molecule has 2 aliphatic heterocycles. The molecule has 158 valence electrons. The SMILES string of the molecule is CCN1CCN(c2ccc(NC(=O)C3CN(C(C)=O)c4ccccc4O3)cc2)CC1. The molecule has 2 aromatic carbocycles. The number of ether oxygens (including phenoxy) is 1. The normalized spacial score (nSPS) is 19.1. The van der Waals surface area contributed by atoms with Crippen LogP contribution in [0.1, 0.15) is 13.8 Å². The largest absolute Gasteiger partial charge is 0.476 e. The van der Waals surface area contributed by atoms with Crippen LogP contribution in [-0.2, 0) is 9.59 Å². The van der Waals surface area contributed by atoms with E-state index in [1.54, 1.807) is 11.0 Å². The molecule has 0 aromatic heterocycles. The topological polar surface area (TPSA) is 65.1 Å². The Morgan fingerprint density at radius 1 is 1.03 bits per heavy atom. The molecule has 2 amide bonds. The van der Waals surface area contributed by atoms with E-state index in [4.69, 9.17) is 4.74 Å². The van der Waals surface area contributed by atoms with Gasteiger partial charge in [-0.25, -0.2) is 0 Å². The first kappa shape index (κ1) is 20.2. The number of rotatable bonds is 4. The maximum absolute atomic E-state index is 12.8. The van der Waals surface area contributed by atoms with E-state index in [-0.39, 0.29) is 18.4 Å². The highest BCUT2D eigenvalue weighted by Gasteiger charge is 2.32. The summed E-state index contributed by atoms with van der Waals surface area (Å²) in [6, 6.07) is 15.2. The Hall–Kier alpha value is -3.06. The van der Waals surface area contributed by atoms with Crippen LogP contribution in [0, 0.1) is 0 Å².